The van der Waals surface area contributed by atoms with E-state index in [1.54, 1.807) is 16.8 Å². The zero-order valence-corrected chi connectivity index (χ0v) is 12.5. The molecular formula is C14H13BrF2N2O. The van der Waals surface area contributed by atoms with Gasteiger partial charge in [0.15, 0.2) is 0 Å². The molecule has 0 unspecified atom stereocenters. The maximum Gasteiger partial charge on any atom is 0.272 e. The maximum atomic E-state index is 13.5. The van der Waals surface area contributed by atoms with Crippen LogP contribution in [0.2, 0.25) is 0 Å². The van der Waals surface area contributed by atoms with Crippen LogP contribution in [0.1, 0.15) is 30.4 Å². The minimum Gasteiger partial charge on any atom is -0.340 e. The summed E-state index contributed by atoms with van der Waals surface area (Å²) in [4.78, 5) is 12.2. The van der Waals surface area contributed by atoms with Crippen LogP contribution in [0.4, 0.5) is 14.5 Å². The predicted molar refractivity (Wildman–Crippen MR) is 76.8 cm³/mol. The van der Waals surface area contributed by atoms with Crippen LogP contribution in [0.15, 0.2) is 34.9 Å². The number of nitrogens with zero attached hydrogens (tertiary/aromatic N) is 1. The first-order chi connectivity index (χ1) is 9.38. The minimum atomic E-state index is -0.805. The van der Waals surface area contributed by atoms with Gasteiger partial charge < -0.3 is 9.88 Å². The second-order valence-corrected chi connectivity index (χ2v) is 5.54. The van der Waals surface area contributed by atoms with E-state index in [0.717, 1.165) is 16.6 Å². The van der Waals surface area contributed by atoms with E-state index in [4.69, 9.17) is 0 Å². The monoisotopic (exact) mass is 342 g/mol. The number of aromatic nitrogens is 1. The lowest BCUT2D eigenvalue weighted by atomic mass is 10.2. The molecule has 1 heterocycles. The Labute approximate surface area is 123 Å². The fraction of sp³-hybridized carbons (Fsp3) is 0.214. The minimum absolute atomic E-state index is 0.0518. The maximum absolute atomic E-state index is 13.5. The third-order valence-corrected chi connectivity index (χ3v) is 3.22. The van der Waals surface area contributed by atoms with Crippen LogP contribution >= 0.6 is 15.9 Å². The molecule has 0 saturated carbocycles. The number of hydrogen-bond acceptors (Lipinski definition) is 1. The fourth-order valence-electron chi connectivity index (χ4n) is 1.83. The first-order valence-electron chi connectivity index (χ1n) is 6.02. The molecule has 0 saturated heterocycles. The summed E-state index contributed by atoms with van der Waals surface area (Å²) in [7, 11) is 0. The van der Waals surface area contributed by atoms with Crippen LogP contribution in [0.5, 0.6) is 0 Å². The summed E-state index contributed by atoms with van der Waals surface area (Å²) in [6, 6.07) is 4.75. The molecule has 2 rings (SSSR count). The molecule has 1 N–H and O–H groups in total. The Morgan fingerprint density at radius 1 is 1.30 bits per heavy atom. The molecule has 106 valence electrons. The first kappa shape index (κ1) is 14.7. The highest BCUT2D eigenvalue weighted by atomic mass is 79.9. The Balaban J connectivity index is 2.28. The average Bonchev–Trinajstić information content (AvgIpc) is 2.75. The smallest absolute Gasteiger partial charge is 0.272 e. The van der Waals surface area contributed by atoms with Gasteiger partial charge in [-0.05, 0) is 48.0 Å². The number of halogens is 3. The normalized spacial score (nSPS) is 10.9. The SMILES string of the molecule is CC(C)n1cc(Br)cc1C(=O)Nc1ccc(F)cc1F. The van der Waals surface area contributed by atoms with Crippen LogP contribution < -0.4 is 5.32 Å². The van der Waals surface area contributed by atoms with Gasteiger partial charge in [-0.25, -0.2) is 8.78 Å². The Kier molecular flexibility index (Phi) is 4.23. The molecule has 0 radical (unpaired) electrons. The topological polar surface area (TPSA) is 34.0 Å². The van der Waals surface area contributed by atoms with Crippen molar-refractivity contribution < 1.29 is 13.6 Å². The van der Waals surface area contributed by atoms with E-state index in [2.05, 4.69) is 21.2 Å². The first-order valence-corrected chi connectivity index (χ1v) is 6.81. The van der Waals surface area contributed by atoms with Gasteiger partial charge in [-0.3, -0.25) is 4.79 Å². The van der Waals surface area contributed by atoms with E-state index in [-0.39, 0.29) is 11.7 Å². The highest BCUT2D eigenvalue weighted by Gasteiger charge is 2.16. The van der Waals surface area contributed by atoms with E-state index in [1.807, 2.05) is 13.8 Å². The highest BCUT2D eigenvalue weighted by Crippen LogP contribution is 2.21. The number of amides is 1. The standard InChI is InChI=1S/C14H13BrF2N2O/c1-8(2)19-7-9(15)5-13(19)14(20)18-12-4-3-10(16)6-11(12)17/h3-8H,1-2H3,(H,18,20). The van der Waals surface area contributed by atoms with Crippen molar-refractivity contribution in [1.82, 2.24) is 4.57 Å². The quantitative estimate of drug-likeness (QED) is 0.883. The molecule has 0 bridgehead atoms. The van der Waals surface area contributed by atoms with Crippen LogP contribution in [-0.4, -0.2) is 10.5 Å². The van der Waals surface area contributed by atoms with Gasteiger partial charge in [-0.2, -0.15) is 0 Å². The molecule has 6 heteroatoms. The Morgan fingerprint density at radius 3 is 2.60 bits per heavy atom. The second-order valence-electron chi connectivity index (χ2n) is 4.62. The van der Waals surface area contributed by atoms with Gasteiger partial charge in [0, 0.05) is 22.8 Å². The molecule has 0 fully saturated rings. The van der Waals surface area contributed by atoms with Crippen LogP contribution in [0.25, 0.3) is 0 Å². The molecule has 20 heavy (non-hydrogen) atoms. The van der Waals surface area contributed by atoms with Crippen molar-refractivity contribution in [3.05, 3.63) is 52.3 Å². The predicted octanol–water partition coefficient (Wildman–Crippen LogP) is 4.36. The van der Waals surface area contributed by atoms with Crippen LogP contribution in [0, 0.1) is 11.6 Å². The average molecular weight is 343 g/mol. The van der Waals surface area contributed by atoms with E-state index in [0.29, 0.717) is 5.69 Å². The van der Waals surface area contributed by atoms with Crippen molar-refractivity contribution in [2.24, 2.45) is 0 Å². The molecule has 1 aromatic carbocycles. The van der Waals surface area contributed by atoms with Crippen molar-refractivity contribution >= 4 is 27.5 Å². The van der Waals surface area contributed by atoms with Crippen molar-refractivity contribution in [2.75, 3.05) is 5.32 Å². The van der Waals surface area contributed by atoms with Crippen molar-refractivity contribution in [2.45, 2.75) is 19.9 Å². The Morgan fingerprint density at radius 2 is 2.00 bits per heavy atom. The molecule has 2 aromatic rings. The Bertz CT molecular complexity index is 653. The fourth-order valence-corrected chi connectivity index (χ4v) is 2.27. The number of carbonyl (C=O) groups is 1. The number of carbonyl (C=O) groups excluding carboxylic acids is 1. The molecule has 0 spiro atoms. The largest absolute Gasteiger partial charge is 0.340 e. The summed E-state index contributed by atoms with van der Waals surface area (Å²) in [5, 5.41) is 2.44. The highest BCUT2D eigenvalue weighted by molar-refractivity contribution is 9.10. The molecule has 3 nitrogen and oxygen atoms in total. The number of rotatable bonds is 3. The van der Waals surface area contributed by atoms with Crippen molar-refractivity contribution in [3.8, 4) is 0 Å². The van der Waals surface area contributed by atoms with Gasteiger partial charge in [0.05, 0.1) is 5.69 Å². The number of hydrogen-bond donors (Lipinski definition) is 1. The van der Waals surface area contributed by atoms with E-state index >= 15 is 0 Å². The van der Waals surface area contributed by atoms with Gasteiger partial charge in [0.25, 0.3) is 5.91 Å². The van der Waals surface area contributed by atoms with E-state index in [9.17, 15) is 13.6 Å². The molecule has 0 aliphatic rings. The molecular weight excluding hydrogens is 330 g/mol. The summed E-state index contributed by atoms with van der Waals surface area (Å²) in [5.74, 6) is -1.94. The summed E-state index contributed by atoms with van der Waals surface area (Å²) in [6.45, 7) is 3.86. The van der Waals surface area contributed by atoms with Crippen molar-refractivity contribution in [1.29, 1.82) is 0 Å². The van der Waals surface area contributed by atoms with E-state index in [1.165, 1.54) is 6.07 Å². The third-order valence-electron chi connectivity index (χ3n) is 2.78. The summed E-state index contributed by atoms with van der Waals surface area (Å²) in [6.07, 6.45) is 1.78. The van der Waals surface area contributed by atoms with Gasteiger partial charge in [0.1, 0.15) is 17.3 Å². The van der Waals surface area contributed by atoms with Gasteiger partial charge in [0.2, 0.25) is 0 Å². The van der Waals surface area contributed by atoms with Crippen LogP contribution in [-0.2, 0) is 0 Å². The number of benzene rings is 1. The van der Waals surface area contributed by atoms with Gasteiger partial charge in [-0.1, -0.05) is 0 Å². The molecule has 0 aliphatic heterocycles. The number of anilines is 1. The summed E-state index contributed by atoms with van der Waals surface area (Å²) in [5.41, 5.74) is 0.347. The molecule has 0 aliphatic carbocycles. The lowest BCUT2D eigenvalue weighted by Gasteiger charge is -2.13. The zero-order valence-electron chi connectivity index (χ0n) is 11.0. The number of nitrogens with one attached hydrogen (secondary N) is 1. The third kappa shape index (κ3) is 3.07. The Hall–Kier alpha value is -1.69. The summed E-state index contributed by atoms with van der Waals surface area (Å²) >= 11 is 3.30. The molecule has 1 amide bonds. The summed E-state index contributed by atoms with van der Waals surface area (Å²) < 4.78 is 28.9. The lowest BCUT2D eigenvalue weighted by Crippen LogP contribution is -2.18. The van der Waals surface area contributed by atoms with Gasteiger partial charge in [-0.15, -0.1) is 0 Å². The van der Waals surface area contributed by atoms with Gasteiger partial charge >= 0.3 is 0 Å². The zero-order chi connectivity index (χ0) is 14.9. The second kappa shape index (κ2) is 5.75. The van der Waals surface area contributed by atoms with Crippen LogP contribution in [0.3, 0.4) is 0 Å². The lowest BCUT2D eigenvalue weighted by molar-refractivity contribution is 0.101. The van der Waals surface area contributed by atoms with Crippen molar-refractivity contribution in [3.63, 3.8) is 0 Å². The van der Waals surface area contributed by atoms with E-state index < -0.39 is 17.5 Å². The molecule has 0 atom stereocenters. The molecule has 1 aromatic heterocycles.